The first-order valence-corrected chi connectivity index (χ1v) is 8.82. The fraction of sp³-hybridized carbons (Fsp3) is 0.300. The van der Waals surface area contributed by atoms with Crippen molar-refractivity contribution in [2.45, 2.75) is 25.7 Å². The van der Waals surface area contributed by atoms with Gasteiger partial charge in [-0.1, -0.05) is 30.7 Å². The molecule has 0 radical (unpaired) electrons. The standard InChI is InChI=1S/C20H22ClNO3/c1-25-20(24)17-8-6-15(7-9-17)16-10-12-18(13-11-16)22-19(23)5-3-2-4-14-21/h6-13H,2-5,14H2,1H3,(H,22,23). The van der Waals surface area contributed by atoms with Crippen LogP contribution in [0.25, 0.3) is 11.1 Å². The Bertz CT molecular complexity index is 696. The Morgan fingerprint density at radius 2 is 1.52 bits per heavy atom. The zero-order chi connectivity index (χ0) is 18.1. The number of unbranched alkanes of at least 4 members (excludes halogenated alkanes) is 2. The van der Waals surface area contributed by atoms with Gasteiger partial charge in [-0.2, -0.15) is 0 Å². The third-order valence-electron chi connectivity index (χ3n) is 3.85. The number of anilines is 1. The number of benzene rings is 2. The second-order valence-electron chi connectivity index (χ2n) is 5.69. The first-order valence-electron chi connectivity index (χ1n) is 8.28. The van der Waals surface area contributed by atoms with E-state index < -0.39 is 0 Å². The van der Waals surface area contributed by atoms with Crippen LogP contribution in [-0.4, -0.2) is 24.9 Å². The SMILES string of the molecule is COC(=O)c1ccc(-c2ccc(NC(=O)CCCCCCl)cc2)cc1. The lowest BCUT2D eigenvalue weighted by molar-refractivity contribution is -0.116. The minimum absolute atomic E-state index is 0.0183. The molecule has 0 aliphatic rings. The van der Waals surface area contributed by atoms with Crippen LogP contribution >= 0.6 is 11.6 Å². The fourth-order valence-corrected chi connectivity index (χ4v) is 2.63. The molecule has 0 bridgehead atoms. The van der Waals surface area contributed by atoms with Gasteiger partial charge in [0.1, 0.15) is 0 Å². The van der Waals surface area contributed by atoms with Crippen molar-refractivity contribution in [2.75, 3.05) is 18.3 Å². The van der Waals surface area contributed by atoms with Crippen molar-refractivity contribution < 1.29 is 14.3 Å². The fourth-order valence-electron chi connectivity index (χ4n) is 2.44. The van der Waals surface area contributed by atoms with E-state index in [0.717, 1.165) is 36.1 Å². The van der Waals surface area contributed by atoms with Gasteiger partial charge in [0.25, 0.3) is 0 Å². The second-order valence-corrected chi connectivity index (χ2v) is 6.07. The number of amides is 1. The molecule has 0 fully saturated rings. The quantitative estimate of drug-likeness (QED) is 0.415. The van der Waals surface area contributed by atoms with E-state index in [9.17, 15) is 9.59 Å². The molecule has 0 aliphatic heterocycles. The minimum Gasteiger partial charge on any atom is -0.465 e. The van der Waals surface area contributed by atoms with Gasteiger partial charge in [-0.05, 0) is 48.2 Å². The summed E-state index contributed by atoms with van der Waals surface area (Å²) < 4.78 is 4.69. The van der Waals surface area contributed by atoms with Gasteiger partial charge in [0.2, 0.25) is 5.91 Å². The van der Waals surface area contributed by atoms with Crippen molar-refractivity contribution in [3.8, 4) is 11.1 Å². The zero-order valence-corrected chi connectivity index (χ0v) is 15.0. The monoisotopic (exact) mass is 359 g/mol. The molecule has 0 aliphatic carbocycles. The highest BCUT2D eigenvalue weighted by molar-refractivity contribution is 6.17. The van der Waals surface area contributed by atoms with Gasteiger partial charge in [0.15, 0.2) is 0 Å². The average molecular weight is 360 g/mol. The summed E-state index contributed by atoms with van der Waals surface area (Å²) in [4.78, 5) is 23.3. The van der Waals surface area contributed by atoms with Gasteiger partial charge in [-0.3, -0.25) is 4.79 Å². The number of carbonyl (C=O) groups is 2. The average Bonchev–Trinajstić information content (AvgIpc) is 2.65. The van der Waals surface area contributed by atoms with Crippen molar-refractivity contribution in [1.82, 2.24) is 0 Å². The predicted octanol–water partition coefficient (Wildman–Crippen LogP) is 4.88. The molecule has 0 saturated carbocycles. The van der Waals surface area contributed by atoms with Crippen molar-refractivity contribution >= 4 is 29.2 Å². The number of rotatable bonds is 8. The van der Waals surface area contributed by atoms with E-state index >= 15 is 0 Å². The van der Waals surface area contributed by atoms with E-state index in [1.54, 1.807) is 12.1 Å². The summed E-state index contributed by atoms with van der Waals surface area (Å²) in [6, 6.07) is 14.8. The van der Waals surface area contributed by atoms with Gasteiger partial charge < -0.3 is 10.1 Å². The Hall–Kier alpha value is -2.33. The highest BCUT2D eigenvalue weighted by atomic mass is 35.5. The lowest BCUT2D eigenvalue weighted by Crippen LogP contribution is -2.10. The second kappa shape index (κ2) is 9.84. The van der Waals surface area contributed by atoms with Crippen LogP contribution in [0.1, 0.15) is 36.0 Å². The maximum atomic E-state index is 11.9. The Kier molecular flexibility index (Phi) is 7.48. The molecule has 0 atom stereocenters. The zero-order valence-electron chi connectivity index (χ0n) is 14.3. The summed E-state index contributed by atoms with van der Waals surface area (Å²) in [6.07, 6.45) is 3.27. The van der Waals surface area contributed by atoms with Crippen LogP contribution < -0.4 is 5.32 Å². The Labute approximate surface area is 153 Å². The van der Waals surface area contributed by atoms with Crippen LogP contribution in [0.3, 0.4) is 0 Å². The van der Waals surface area contributed by atoms with E-state index in [4.69, 9.17) is 16.3 Å². The van der Waals surface area contributed by atoms with Crippen molar-refractivity contribution in [3.63, 3.8) is 0 Å². The number of ether oxygens (including phenoxy) is 1. The van der Waals surface area contributed by atoms with Gasteiger partial charge in [-0.25, -0.2) is 4.79 Å². The summed E-state index contributed by atoms with van der Waals surface area (Å²) in [5, 5.41) is 2.90. The number of hydrogen-bond acceptors (Lipinski definition) is 3. The molecule has 0 unspecified atom stereocenters. The minimum atomic E-state index is -0.351. The summed E-state index contributed by atoms with van der Waals surface area (Å²) in [5.74, 6) is 0.310. The van der Waals surface area contributed by atoms with E-state index in [1.807, 2.05) is 36.4 Å². The molecule has 0 aromatic heterocycles. The summed E-state index contributed by atoms with van der Waals surface area (Å²) in [6.45, 7) is 0. The number of hydrogen-bond donors (Lipinski definition) is 1. The van der Waals surface area contributed by atoms with Crippen molar-refractivity contribution in [1.29, 1.82) is 0 Å². The largest absolute Gasteiger partial charge is 0.465 e. The first-order chi connectivity index (χ1) is 12.1. The molecule has 2 aromatic rings. The van der Waals surface area contributed by atoms with Gasteiger partial charge in [-0.15, -0.1) is 11.6 Å². The van der Waals surface area contributed by atoms with Crippen LogP contribution in [0.15, 0.2) is 48.5 Å². The van der Waals surface area contributed by atoms with Crippen molar-refractivity contribution in [3.05, 3.63) is 54.1 Å². The van der Waals surface area contributed by atoms with E-state index in [1.165, 1.54) is 7.11 Å². The van der Waals surface area contributed by atoms with Crippen LogP contribution in [0.2, 0.25) is 0 Å². The number of halogens is 1. The lowest BCUT2D eigenvalue weighted by Gasteiger charge is -2.07. The molecule has 0 heterocycles. The molecule has 5 heteroatoms. The third kappa shape index (κ3) is 5.91. The third-order valence-corrected chi connectivity index (χ3v) is 4.11. The molecule has 2 aromatic carbocycles. The molecule has 2 rings (SSSR count). The maximum Gasteiger partial charge on any atom is 0.337 e. The summed E-state index contributed by atoms with van der Waals surface area (Å²) in [5.41, 5.74) is 3.30. The van der Waals surface area contributed by atoms with E-state index in [-0.39, 0.29) is 11.9 Å². The van der Waals surface area contributed by atoms with Gasteiger partial charge >= 0.3 is 5.97 Å². The molecule has 0 spiro atoms. The van der Waals surface area contributed by atoms with E-state index in [2.05, 4.69) is 5.32 Å². The molecular weight excluding hydrogens is 338 g/mol. The van der Waals surface area contributed by atoms with Crippen LogP contribution in [0.4, 0.5) is 5.69 Å². The smallest absolute Gasteiger partial charge is 0.337 e. The highest BCUT2D eigenvalue weighted by Crippen LogP contribution is 2.22. The van der Waals surface area contributed by atoms with Crippen LogP contribution in [0.5, 0.6) is 0 Å². The molecular formula is C20H22ClNO3. The highest BCUT2D eigenvalue weighted by Gasteiger charge is 2.06. The first kappa shape index (κ1) is 19.0. The van der Waals surface area contributed by atoms with Crippen LogP contribution in [0, 0.1) is 0 Å². The molecule has 1 N–H and O–H groups in total. The van der Waals surface area contributed by atoms with Crippen LogP contribution in [-0.2, 0) is 9.53 Å². The lowest BCUT2D eigenvalue weighted by atomic mass is 10.0. The Morgan fingerprint density at radius 3 is 2.08 bits per heavy atom. The van der Waals surface area contributed by atoms with E-state index in [0.29, 0.717) is 17.9 Å². The number of esters is 1. The summed E-state index contributed by atoms with van der Waals surface area (Å²) in [7, 11) is 1.36. The molecule has 25 heavy (non-hydrogen) atoms. The molecule has 4 nitrogen and oxygen atoms in total. The van der Waals surface area contributed by atoms with Gasteiger partial charge in [0, 0.05) is 18.0 Å². The number of alkyl halides is 1. The predicted molar refractivity (Wildman–Crippen MR) is 101 cm³/mol. The normalized spacial score (nSPS) is 10.3. The topological polar surface area (TPSA) is 55.4 Å². The molecule has 132 valence electrons. The van der Waals surface area contributed by atoms with Crippen molar-refractivity contribution in [2.24, 2.45) is 0 Å². The maximum absolute atomic E-state index is 11.9. The Morgan fingerprint density at radius 1 is 0.920 bits per heavy atom. The molecule has 1 amide bonds. The number of nitrogens with one attached hydrogen (secondary N) is 1. The number of methoxy groups -OCH3 is 1. The van der Waals surface area contributed by atoms with Gasteiger partial charge in [0.05, 0.1) is 12.7 Å². The number of carbonyl (C=O) groups excluding carboxylic acids is 2. The summed E-state index contributed by atoms with van der Waals surface area (Å²) >= 11 is 5.62. The molecule has 0 saturated heterocycles. The Balaban J connectivity index is 1.93.